The number of primary amides is 1. The molecular weight excluding hydrogens is 404 g/mol. The van der Waals surface area contributed by atoms with Crippen molar-refractivity contribution in [3.63, 3.8) is 0 Å². The molecule has 2 aliphatic heterocycles. The minimum Gasteiger partial charge on any atom is -0.483 e. The second-order valence-electron chi connectivity index (χ2n) is 8.24. The Labute approximate surface area is 181 Å². The van der Waals surface area contributed by atoms with Gasteiger partial charge in [-0.2, -0.15) is 0 Å². The number of nitrogens with two attached hydrogens (primary N) is 1. The lowest BCUT2D eigenvalue weighted by Gasteiger charge is -2.53. The first-order valence-corrected chi connectivity index (χ1v) is 10.3. The van der Waals surface area contributed by atoms with Gasteiger partial charge in [0.2, 0.25) is 11.8 Å². The summed E-state index contributed by atoms with van der Waals surface area (Å²) in [5.74, 6) is -0.444. The molecule has 3 heterocycles. The van der Waals surface area contributed by atoms with Gasteiger partial charge in [0.1, 0.15) is 6.10 Å². The van der Waals surface area contributed by atoms with E-state index in [4.69, 9.17) is 20.4 Å². The summed E-state index contributed by atoms with van der Waals surface area (Å²) in [6, 6.07) is 3.80. The molecule has 2 saturated heterocycles. The fourth-order valence-corrected chi connectivity index (χ4v) is 4.31. The number of aromatic nitrogens is 1. The highest BCUT2D eigenvalue weighted by Gasteiger charge is 2.53. The molecule has 10 heteroatoms. The van der Waals surface area contributed by atoms with E-state index in [2.05, 4.69) is 10.3 Å². The summed E-state index contributed by atoms with van der Waals surface area (Å²) in [6.45, 7) is 3.59. The number of likely N-dealkylation sites (tertiary alicyclic amines) is 1. The number of rotatable bonds is 6. The Kier molecular flexibility index (Phi) is 8.90. The number of amides is 2. The van der Waals surface area contributed by atoms with E-state index in [9.17, 15) is 14.7 Å². The Hall–Kier alpha value is -2.56. The van der Waals surface area contributed by atoms with Crippen LogP contribution in [0, 0.1) is 0 Å². The van der Waals surface area contributed by atoms with Crippen LogP contribution in [0.15, 0.2) is 24.5 Å². The average Bonchev–Trinajstić information content (AvgIpc) is 2.73. The number of nitrogens with one attached hydrogen (secondary N) is 1. The lowest BCUT2D eigenvalue weighted by molar-refractivity contribution is -0.207. The Morgan fingerprint density at radius 1 is 1.39 bits per heavy atom. The number of hydrogen-bond donors (Lipinski definition) is 4. The summed E-state index contributed by atoms with van der Waals surface area (Å²) < 4.78 is 6.03. The summed E-state index contributed by atoms with van der Waals surface area (Å²) >= 11 is 0. The van der Waals surface area contributed by atoms with Gasteiger partial charge in [0.25, 0.3) is 6.47 Å². The molecule has 1 aromatic heterocycles. The molecule has 1 aromatic rings. The van der Waals surface area contributed by atoms with Crippen molar-refractivity contribution in [2.24, 2.45) is 5.73 Å². The van der Waals surface area contributed by atoms with Gasteiger partial charge in [-0.15, -0.1) is 0 Å². The lowest BCUT2D eigenvalue weighted by atomic mass is 9.73. The number of carbonyl (C=O) groups excluding carboxylic acids is 2. The largest absolute Gasteiger partial charge is 0.483 e. The summed E-state index contributed by atoms with van der Waals surface area (Å²) in [7, 11) is 0. The summed E-state index contributed by atoms with van der Waals surface area (Å²) in [5.41, 5.74) is 4.85. The minimum atomic E-state index is -0.813. The molecule has 1 spiro atoms. The summed E-state index contributed by atoms with van der Waals surface area (Å²) in [6.07, 6.45) is 5.35. The third kappa shape index (κ3) is 6.71. The van der Waals surface area contributed by atoms with Crippen LogP contribution in [0.25, 0.3) is 0 Å². The fraction of sp³-hybridized carbons (Fsp3) is 0.619. The van der Waals surface area contributed by atoms with E-state index in [1.165, 1.54) is 0 Å². The van der Waals surface area contributed by atoms with Crippen LogP contribution in [-0.2, 0) is 25.5 Å². The van der Waals surface area contributed by atoms with E-state index in [0.29, 0.717) is 51.8 Å². The number of nitrogens with zero attached hydrogens (tertiary/aromatic N) is 2. The minimum absolute atomic E-state index is 0.0892. The van der Waals surface area contributed by atoms with E-state index in [1.807, 2.05) is 24.0 Å². The number of ether oxygens (including phenoxy) is 1. The van der Waals surface area contributed by atoms with Crippen LogP contribution in [0.2, 0.25) is 0 Å². The first-order valence-electron chi connectivity index (χ1n) is 10.3. The highest BCUT2D eigenvalue weighted by Crippen LogP contribution is 2.39. The molecule has 0 unspecified atom stereocenters. The van der Waals surface area contributed by atoms with Gasteiger partial charge in [-0.05, 0) is 44.2 Å². The standard InChI is InChI=1S/C20H30N4O4.CH2O2/c1-19(23-17(26)5-4-15-3-2-9-22-13-15)8-12-28-20(18(19)27)6-10-24(11-7-20)14-16(21)25;2-1-3/h2-3,9,13,18,27H,4-8,10-12,14H2,1H3,(H2,21,25)(H,23,26);1H,(H,2,3)/t18-,19+;/m1./s1. The predicted molar refractivity (Wildman–Crippen MR) is 112 cm³/mol. The van der Waals surface area contributed by atoms with E-state index in [0.717, 1.165) is 5.56 Å². The maximum atomic E-state index is 12.5. The van der Waals surface area contributed by atoms with Crippen molar-refractivity contribution in [3.8, 4) is 0 Å². The molecule has 2 atom stereocenters. The zero-order chi connectivity index (χ0) is 22.9. The molecule has 3 rings (SSSR count). The molecule has 2 fully saturated rings. The number of aliphatic hydroxyl groups excluding tert-OH is 1. The van der Waals surface area contributed by atoms with Crippen LogP contribution in [0.5, 0.6) is 0 Å². The normalized spacial score (nSPS) is 25.2. The van der Waals surface area contributed by atoms with Crippen molar-refractivity contribution in [1.82, 2.24) is 15.2 Å². The van der Waals surface area contributed by atoms with E-state index in [-0.39, 0.29) is 24.8 Å². The predicted octanol–water partition coefficient (Wildman–Crippen LogP) is -0.309. The first-order chi connectivity index (χ1) is 14.7. The summed E-state index contributed by atoms with van der Waals surface area (Å²) in [4.78, 5) is 38.1. The van der Waals surface area contributed by atoms with E-state index < -0.39 is 17.2 Å². The molecule has 31 heavy (non-hydrogen) atoms. The first kappa shape index (κ1) is 24.7. The van der Waals surface area contributed by atoms with Gasteiger partial charge in [-0.25, -0.2) is 0 Å². The molecule has 5 N–H and O–H groups in total. The Morgan fingerprint density at radius 3 is 2.65 bits per heavy atom. The monoisotopic (exact) mass is 436 g/mol. The molecule has 0 saturated carbocycles. The van der Waals surface area contributed by atoms with Crippen molar-refractivity contribution in [2.75, 3.05) is 26.2 Å². The van der Waals surface area contributed by atoms with Gasteiger partial charge >= 0.3 is 0 Å². The molecule has 0 bridgehead atoms. The van der Waals surface area contributed by atoms with Gasteiger partial charge in [-0.1, -0.05) is 6.07 Å². The van der Waals surface area contributed by atoms with Crippen molar-refractivity contribution in [3.05, 3.63) is 30.1 Å². The van der Waals surface area contributed by atoms with Crippen molar-refractivity contribution >= 4 is 18.3 Å². The van der Waals surface area contributed by atoms with Gasteiger partial charge in [0.15, 0.2) is 0 Å². The number of hydrogen-bond acceptors (Lipinski definition) is 7. The molecule has 172 valence electrons. The second kappa shape index (κ2) is 11.2. The van der Waals surface area contributed by atoms with Crippen LogP contribution in [0.4, 0.5) is 0 Å². The van der Waals surface area contributed by atoms with Gasteiger partial charge in [0, 0.05) is 38.5 Å². The Morgan fingerprint density at radius 2 is 2.06 bits per heavy atom. The SMILES string of the molecule is C[C@]1(NC(=O)CCc2cccnc2)CCOC2(CCN(CC(N)=O)CC2)[C@@H]1O.O=CO. The van der Waals surface area contributed by atoms with Crippen LogP contribution in [0.1, 0.15) is 38.2 Å². The highest BCUT2D eigenvalue weighted by molar-refractivity contribution is 5.77. The number of carbonyl (C=O) groups is 3. The van der Waals surface area contributed by atoms with Crippen molar-refractivity contribution in [2.45, 2.75) is 56.3 Å². The number of piperidine rings is 1. The van der Waals surface area contributed by atoms with Crippen LogP contribution >= 0.6 is 0 Å². The lowest BCUT2D eigenvalue weighted by Crippen LogP contribution is -2.69. The van der Waals surface area contributed by atoms with Gasteiger partial charge in [-0.3, -0.25) is 24.3 Å². The Bertz CT molecular complexity index is 739. The topological polar surface area (TPSA) is 155 Å². The van der Waals surface area contributed by atoms with Crippen LogP contribution < -0.4 is 11.1 Å². The van der Waals surface area contributed by atoms with Crippen LogP contribution in [-0.4, -0.2) is 81.9 Å². The molecule has 0 aliphatic carbocycles. The smallest absolute Gasteiger partial charge is 0.290 e. The molecule has 10 nitrogen and oxygen atoms in total. The molecule has 0 aromatic carbocycles. The van der Waals surface area contributed by atoms with Gasteiger partial charge in [0.05, 0.1) is 17.7 Å². The molecule has 0 radical (unpaired) electrons. The summed E-state index contributed by atoms with van der Waals surface area (Å²) in [5, 5.41) is 21.1. The maximum Gasteiger partial charge on any atom is 0.290 e. The maximum absolute atomic E-state index is 12.5. The highest BCUT2D eigenvalue weighted by atomic mass is 16.5. The quantitative estimate of drug-likeness (QED) is 0.443. The average molecular weight is 437 g/mol. The molecular formula is C21H32N4O6. The van der Waals surface area contributed by atoms with Crippen molar-refractivity contribution in [1.29, 1.82) is 0 Å². The molecule has 2 amide bonds. The van der Waals surface area contributed by atoms with Crippen molar-refractivity contribution < 1.29 is 29.3 Å². The zero-order valence-electron chi connectivity index (χ0n) is 17.8. The van der Waals surface area contributed by atoms with Crippen LogP contribution in [0.3, 0.4) is 0 Å². The number of carboxylic acid groups (broad SMARTS) is 1. The fourth-order valence-electron chi connectivity index (χ4n) is 4.31. The zero-order valence-corrected chi connectivity index (χ0v) is 17.8. The number of aliphatic hydroxyl groups is 1. The van der Waals surface area contributed by atoms with E-state index in [1.54, 1.807) is 12.4 Å². The van der Waals surface area contributed by atoms with Gasteiger partial charge < -0.3 is 26.0 Å². The third-order valence-electron chi connectivity index (χ3n) is 5.98. The third-order valence-corrected chi connectivity index (χ3v) is 5.98. The number of pyridine rings is 1. The van der Waals surface area contributed by atoms with E-state index >= 15 is 0 Å². The molecule has 2 aliphatic rings. The second-order valence-corrected chi connectivity index (χ2v) is 8.24. The Balaban J connectivity index is 0.00000107. The number of aryl methyl sites for hydroxylation is 1.